The van der Waals surface area contributed by atoms with Crippen LogP contribution in [0.3, 0.4) is 0 Å². The molecule has 0 aromatic heterocycles. The number of hydrogen-bond donors (Lipinski definition) is 1. The van der Waals surface area contributed by atoms with Crippen molar-refractivity contribution in [2.24, 2.45) is 5.92 Å². The molecule has 1 amide bonds. The zero-order valence-corrected chi connectivity index (χ0v) is 13.0. The SMILES string of the molecule is Cc1ccc(C(NC(=O)c2ccc3c(c2)OCO3)C2CC2)cc1. The lowest BCUT2D eigenvalue weighted by atomic mass is 10.0. The Morgan fingerprint density at radius 3 is 2.57 bits per heavy atom. The molecule has 0 spiro atoms. The number of benzene rings is 2. The Bertz CT molecular complexity index is 735. The van der Waals surface area contributed by atoms with Crippen molar-refractivity contribution in [1.82, 2.24) is 5.32 Å². The van der Waals surface area contributed by atoms with E-state index >= 15 is 0 Å². The summed E-state index contributed by atoms with van der Waals surface area (Å²) < 4.78 is 10.6. The van der Waals surface area contributed by atoms with Crippen LogP contribution in [0.4, 0.5) is 0 Å². The van der Waals surface area contributed by atoms with Crippen LogP contribution < -0.4 is 14.8 Å². The Labute approximate surface area is 135 Å². The minimum absolute atomic E-state index is 0.0687. The monoisotopic (exact) mass is 309 g/mol. The van der Waals surface area contributed by atoms with E-state index < -0.39 is 0 Å². The van der Waals surface area contributed by atoms with E-state index in [-0.39, 0.29) is 18.7 Å². The van der Waals surface area contributed by atoms with Gasteiger partial charge in [-0.1, -0.05) is 29.8 Å². The molecule has 2 aliphatic rings. The number of carbonyl (C=O) groups is 1. The summed E-state index contributed by atoms with van der Waals surface area (Å²) in [6.07, 6.45) is 2.33. The Morgan fingerprint density at radius 2 is 1.83 bits per heavy atom. The van der Waals surface area contributed by atoms with Gasteiger partial charge in [0.15, 0.2) is 11.5 Å². The third-order valence-electron chi connectivity index (χ3n) is 4.45. The maximum absolute atomic E-state index is 12.6. The van der Waals surface area contributed by atoms with E-state index in [2.05, 4.69) is 36.5 Å². The molecule has 1 saturated carbocycles. The molecule has 4 heteroatoms. The van der Waals surface area contributed by atoms with Crippen molar-refractivity contribution in [1.29, 1.82) is 0 Å². The first kappa shape index (κ1) is 14.1. The van der Waals surface area contributed by atoms with E-state index in [4.69, 9.17) is 9.47 Å². The topological polar surface area (TPSA) is 47.6 Å². The van der Waals surface area contributed by atoms with Crippen LogP contribution in [-0.4, -0.2) is 12.7 Å². The summed E-state index contributed by atoms with van der Waals surface area (Å²) in [4.78, 5) is 12.6. The van der Waals surface area contributed by atoms with Gasteiger partial charge >= 0.3 is 0 Å². The van der Waals surface area contributed by atoms with Crippen molar-refractivity contribution in [3.05, 3.63) is 59.2 Å². The normalized spacial score (nSPS) is 16.9. The summed E-state index contributed by atoms with van der Waals surface area (Å²) in [6, 6.07) is 13.8. The second kappa shape index (κ2) is 5.61. The fourth-order valence-electron chi connectivity index (χ4n) is 2.94. The fraction of sp³-hybridized carbons (Fsp3) is 0.316. The van der Waals surface area contributed by atoms with Crippen molar-refractivity contribution in [2.75, 3.05) is 6.79 Å². The minimum Gasteiger partial charge on any atom is -0.454 e. The Kier molecular flexibility index (Phi) is 3.45. The van der Waals surface area contributed by atoms with Crippen molar-refractivity contribution in [2.45, 2.75) is 25.8 Å². The number of rotatable bonds is 4. The molecular weight excluding hydrogens is 290 g/mol. The maximum atomic E-state index is 12.6. The van der Waals surface area contributed by atoms with Gasteiger partial charge in [0.25, 0.3) is 5.91 Å². The predicted molar refractivity (Wildman–Crippen MR) is 86.7 cm³/mol. The molecule has 1 N–H and O–H groups in total. The van der Waals surface area contributed by atoms with Crippen molar-refractivity contribution >= 4 is 5.91 Å². The van der Waals surface area contributed by atoms with Crippen LogP contribution in [0.25, 0.3) is 0 Å². The summed E-state index contributed by atoms with van der Waals surface area (Å²) >= 11 is 0. The summed E-state index contributed by atoms with van der Waals surface area (Å²) in [5, 5.41) is 3.19. The number of hydrogen-bond acceptors (Lipinski definition) is 3. The maximum Gasteiger partial charge on any atom is 0.251 e. The lowest BCUT2D eigenvalue weighted by Crippen LogP contribution is -2.29. The van der Waals surface area contributed by atoms with Crippen LogP contribution in [0.5, 0.6) is 11.5 Å². The predicted octanol–water partition coefficient (Wildman–Crippen LogP) is 3.60. The standard InChI is InChI=1S/C19H19NO3/c1-12-2-4-13(5-3-12)18(14-6-7-14)20-19(21)15-8-9-16-17(10-15)23-11-22-16/h2-5,8-10,14,18H,6-7,11H2,1H3,(H,20,21). The lowest BCUT2D eigenvalue weighted by molar-refractivity contribution is 0.0931. The molecule has 2 aromatic rings. The zero-order chi connectivity index (χ0) is 15.8. The summed E-state index contributed by atoms with van der Waals surface area (Å²) in [7, 11) is 0. The van der Waals surface area contributed by atoms with Crippen LogP contribution in [0.15, 0.2) is 42.5 Å². The minimum atomic E-state index is -0.0687. The molecule has 2 aromatic carbocycles. The van der Waals surface area contributed by atoms with Crippen molar-refractivity contribution in [3.8, 4) is 11.5 Å². The first-order valence-electron chi connectivity index (χ1n) is 7.98. The summed E-state index contributed by atoms with van der Waals surface area (Å²) in [5.41, 5.74) is 3.00. The molecule has 118 valence electrons. The molecule has 0 radical (unpaired) electrons. The van der Waals surface area contributed by atoms with Gasteiger partial charge < -0.3 is 14.8 Å². The van der Waals surface area contributed by atoms with Gasteiger partial charge in [0.2, 0.25) is 6.79 Å². The molecule has 1 heterocycles. The number of amides is 1. The molecule has 1 aliphatic heterocycles. The van der Waals surface area contributed by atoms with Gasteiger partial charge in [0.1, 0.15) is 0 Å². The van der Waals surface area contributed by atoms with Crippen LogP contribution in [-0.2, 0) is 0 Å². The van der Waals surface area contributed by atoms with Crippen molar-refractivity contribution < 1.29 is 14.3 Å². The van der Waals surface area contributed by atoms with E-state index in [0.29, 0.717) is 23.0 Å². The zero-order valence-electron chi connectivity index (χ0n) is 13.0. The third-order valence-corrected chi connectivity index (χ3v) is 4.45. The van der Waals surface area contributed by atoms with Crippen LogP contribution in [0.1, 0.15) is 40.4 Å². The number of carbonyl (C=O) groups excluding carboxylic acids is 1. The Hall–Kier alpha value is -2.49. The van der Waals surface area contributed by atoms with Gasteiger partial charge in [-0.3, -0.25) is 4.79 Å². The van der Waals surface area contributed by atoms with E-state index in [1.807, 2.05) is 0 Å². The lowest BCUT2D eigenvalue weighted by Gasteiger charge is -2.19. The van der Waals surface area contributed by atoms with Crippen LogP contribution in [0, 0.1) is 12.8 Å². The number of aryl methyl sites for hydroxylation is 1. The molecule has 1 unspecified atom stereocenters. The highest BCUT2D eigenvalue weighted by Crippen LogP contribution is 2.41. The van der Waals surface area contributed by atoms with Crippen molar-refractivity contribution in [3.63, 3.8) is 0 Å². The number of nitrogens with one attached hydrogen (secondary N) is 1. The van der Waals surface area contributed by atoms with E-state index in [1.165, 1.54) is 24.0 Å². The molecule has 23 heavy (non-hydrogen) atoms. The molecule has 1 fully saturated rings. The fourth-order valence-corrected chi connectivity index (χ4v) is 2.94. The van der Waals surface area contributed by atoms with Gasteiger partial charge in [0.05, 0.1) is 6.04 Å². The molecule has 1 atom stereocenters. The van der Waals surface area contributed by atoms with E-state index in [1.54, 1.807) is 18.2 Å². The smallest absolute Gasteiger partial charge is 0.251 e. The first-order chi connectivity index (χ1) is 11.2. The van der Waals surface area contributed by atoms with E-state index in [0.717, 1.165) is 0 Å². The Balaban J connectivity index is 1.54. The van der Waals surface area contributed by atoms with Crippen LogP contribution in [0.2, 0.25) is 0 Å². The second-order valence-electron chi connectivity index (χ2n) is 6.27. The largest absolute Gasteiger partial charge is 0.454 e. The first-order valence-corrected chi connectivity index (χ1v) is 7.98. The highest BCUT2D eigenvalue weighted by atomic mass is 16.7. The average molecular weight is 309 g/mol. The third kappa shape index (κ3) is 2.89. The summed E-state index contributed by atoms with van der Waals surface area (Å²) in [6.45, 7) is 2.29. The molecule has 4 rings (SSSR count). The molecule has 0 saturated heterocycles. The highest BCUT2D eigenvalue weighted by molar-refractivity contribution is 5.95. The molecule has 1 aliphatic carbocycles. The van der Waals surface area contributed by atoms with Gasteiger partial charge in [0, 0.05) is 5.56 Å². The number of fused-ring (bicyclic) bond motifs is 1. The van der Waals surface area contributed by atoms with Gasteiger partial charge in [-0.05, 0) is 49.4 Å². The second-order valence-corrected chi connectivity index (χ2v) is 6.27. The quantitative estimate of drug-likeness (QED) is 0.938. The van der Waals surface area contributed by atoms with Crippen LogP contribution >= 0.6 is 0 Å². The van der Waals surface area contributed by atoms with Gasteiger partial charge in [-0.15, -0.1) is 0 Å². The van der Waals surface area contributed by atoms with Gasteiger partial charge in [-0.2, -0.15) is 0 Å². The Morgan fingerprint density at radius 1 is 1.09 bits per heavy atom. The summed E-state index contributed by atoms with van der Waals surface area (Å²) in [5.74, 6) is 1.80. The molecular formula is C19H19NO3. The van der Waals surface area contributed by atoms with Gasteiger partial charge in [-0.25, -0.2) is 0 Å². The molecule has 0 bridgehead atoms. The molecule has 4 nitrogen and oxygen atoms in total. The average Bonchev–Trinajstić information content (AvgIpc) is 3.30. The van der Waals surface area contributed by atoms with E-state index in [9.17, 15) is 4.79 Å². The number of ether oxygens (including phenoxy) is 2. The highest BCUT2D eigenvalue weighted by Gasteiger charge is 2.33.